The number of thiazole rings is 1. The molecule has 1 N–H and O–H groups in total. The highest BCUT2D eigenvalue weighted by Gasteiger charge is 2.11. The monoisotopic (exact) mass is 208 g/mol. The Morgan fingerprint density at radius 2 is 2.43 bits per heavy atom. The highest BCUT2D eigenvalue weighted by molar-refractivity contribution is 7.09. The van der Waals surface area contributed by atoms with Crippen molar-refractivity contribution >= 4 is 17.1 Å². The topological polar surface area (TPSA) is 42.0 Å². The van der Waals surface area contributed by atoms with Gasteiger partial charge in [0.15, 0.2) is 5.78 Å². The molecule has 4 heteroatoms. The number of carbonyl (C=O) groups is 1. The Labute approximate surface area is 86.9 Å². The van der Waals surface area contributed by atoms with Crippen molar-refractivity contribution in [1.29, 1.82) is 0 Å². The van der Waals surface area contributed by atoms with Crippen LogP contribution in [0.3, 0.4) is 0 Å². The lowest BCUT2D eigenvalue weighted by molar-refractivity contribution is -0.114. The minimum absolute atomic E-state index is 0.224. The van der Waals surface area contributed by atoms with Crippen molar-refractivity contribution in [2.75, 3.05) is 0 Å². The first-order valence-corrected chi connectivity index (χ1v) is 5.50. The van der Waals surface area contributed by atoms with Gasteiger partial charge in [-0.1, -0.05) is 0 Å². The summed E-state index contributed by atoms with van der Waals surface area (Å²) in [6.07, 6.45) is 3.19. The van der Waals surface area contributed by atoms with E-state index in [1.807, 2.05) is 12.3 Å². The number of carbonyl (C=O) groups excluding carboxylic acids is 1. The largest absolute Gasteiger partial charge is 0.383 e. The van der Waals surface area contributed by atoms with E-state index in [0.717, 1.165) is 29.4 Å². The average molecular weight is 208 g/mol. The van der Waals surface area contributed by atoms with Crippen LogP contribution in [0.25, 0.3) is 0 Å². The molecule has 0 saturated heterocycles. The summed E-state index contributed by atoms with van der Waals surface area (Å²) < 4.78 is 0. The minimum atomic E-state index is 0.224. The SMILES string of the molecule is Cc1nc(CNC2=CC(=O)CC2)cs1. The summed E-state index contributed by atoms with van der Waals surface area (Å²) in [5, 5.41) is 6.35. The predicted octanol–water partition coefficient (Wildman–Crippen LogP) is 1.79. The summed E-state index contributed by atoms with van der Waals surface area (Å²) in [5.74, 6) is 0.224. The number of hydrogen-bond acceptors (Lipinski definition) is 4. The second kappa shape index (κ2) is 3.92. The molecule has 1 aromatic rings. The molecule has 0 saturated carbocycles. The number of nitrogens with zero attached hydrogens (tertiary/aromatic N) is 1. The third kappa shape index (κ3) is 2.20. The van der Waals surface area contributed by atoms with Crippen LogP contribution in [0.15, 0.2) is 17.2 Å². The van der Waals surface area contributed by atoms with Crippen molar-refractivity contribution in [1.82, 2.24) is 10.3 Å². The molecule has 0 unspecified atom stereocenters. The number of nitrogens with one attached hydrogen (secondary N) is 1. The fraction of sp³-hybridized carbons (Fsp3) is 0.400. The second-order valence-corrected chi connectivity index (χ2v) is 4.41. The molecule has 0 spiro atoms. The van der Waals surface area contributed by atoms with Gasteiger partial charge in [0.2, 0.25) is 0 Å². The number of ketones is 1. The molecule has 0 bridgehead atoms. The molecule has 1 heterocycles. The molecule has 1 aromatic heterocycles. The van der Waals surface area contributed by atoms with Crippen molar-refractivity contribution in [3.63, 3.8) is 0 Å². The average Bonchev–Trinajstić information content (AvgIpc) is 2.72. The van der Waals surface area contributed by atoms with Crippen LogP contribution in [0.2, 0.25) is 0 Å². The molecule has 1 aliphatic carbocycles. The molecule has 0 fully saturated rings. The van der Waals surface area contributed by atoms with Gasteiger partial charge in [-0.2, -0.15) is 0 Å². The van der Waals surface area contributed by atoms with Gasteiger partial charge in [0.05, 0.1) is 17.2 Å². The van der Waals surface area contributed by atoms with Crippen molar-refractivity contribution in [3.05, 3.63) is 27.9 Å². The van der Waals surface area contributed by atoms with E-state index in [0.29, 0.717) is 6.42 Å². The van der Waals surface area contributed by atoms with Crippen molar-refractivity contribution in [3.8, 4) is 0 Å². The van der Waals surface area contributed by atoms with Crippen molar-refractivity contribution < 1.29 is 4.79 Å². The van der Waals surface area contributed by atoms with Crippen molar-refractivity contribution in [2.45, 2.75) is 26.3 Å². The van der Waals surface area contributed by atoms with Crippen LogP contribution in [0.1, 0.15) is 23.5 Å². The summed E-state index contributed by atoms with van der Waals surface area (Å²) in [6, 6.07) is 0. The van der Waals surface area contributed by atoms with Crippen LogP contribution in [0.4, 0.5) is 0 Å². The van der Waals surface area contributed by atoms with Crippen LogP contribution in [-0.2, 0) is 11.3 Å². The zero-order chi connectivity index (χ0) is 9.97. The fourth-order valence-corrected chi connectivity index (χ4v) is 2.04. The Bertz CT molecular complexity index is 381. The summed E-state index contributed by atoms with van der Waals surface area (Å²) in [7, 11) is 0. The molecule has 74 valence electrons. The van der Waals surface area contributed by atoms with E-state index in [1.54, 1.807) is 17.4 Å². The fourth-order valence-electron chi connectivity index (χ4n) is 1.43. The molecule has 0 atom stereocenters. The lowest BCUT2D eigenvalue weighted by Crippen LogP contribution is -2.11. The maximum absolute atomic E-state index is 10.9. The van der Waals surface area contributed by atoms with E-state index in [2.05, 4.69) is 10.3 Å². The molecule has 0 amide bonds. The Morgan fingerprint density at radius 3 is 3.00 bits per heavy atom. The maximum Gasteiger partial charge on any atom is 0.157 e. The summed E-state index contributed by atoms with van der Waals surface area (Å²) in [4.78, 5) is 15.3. The first-order chi connectivity index (χ1) is 6.74. The van der Waals surface area contributed by atoms with Crippen LogP contribution < -0.4 is 5.32 Å². The second-order valence-electron chi connectivity index (χ2n) is 3.35. The molecular weight excluding hydrogens is 196 g/mol. The molecule has 14 heavy (non-hydrogen) atoms. The molecule has 1 aliphatic rings. The zero-order valence-corrected chi connectivity index (χ0v) is 8.86. The Hall–Kier alpha value is -1.16. The van der Waals surface area contributed by atoms with Crippen LogP contribution >= 0.6 is 11.3 Å². The number of rotatable bonds is 3. The smallest absolute Gasteiger partial charge is 0.157 e. The third-order valence-electron chi connectivity index (χ3n) is 2.14. The van der Waals surface area contributed by atoms with Gasteiger partial charge >= 0.3 is 0 Å². The highest BCUT2D eigenvalue weighted by atomic mass is 32.1. The van der Waals surface area contributed by atoms with E-state index in [9.17, 15) is 4.79 Å². The quantitative estimate of drug-likeness (QED) is 0.823. The number of hydrogen-bond donors (Lipinski definition) is 1. The first kappa shape index (κ1) is 9.40. The van der Waals surface area contributed by atoms with Crippen LogP contribution in [-0.4, -0.2) is 10.8 Å². The molecular formula is C10H12N2OS. The van der Waals surface area contributed by atoms with Crippen molar-refractivity contribution in [2.24, 2.45) is 0 Å². The van der Waals surface area contributed by atoms with Gasteiger partial charge in [-0.05, 0) is 13.3 Å². The Kier molecular flexibility index (Phi) is 2.63. The lowest BCUT2D eigenvalue weighted by Gasteiger charge is -2.03. The van der Waals surface area contributed by atoms with Gasteiger partial charge in [0.25, 0.3) is 0 Å². The molecule has 0 aliphatic heterocycles. The normalized spacial score (nSPS) is 15.8. The van der Waals surface area contributed by atoms with E-state index in [-0.39, 0.29) is 5.78 Å². The lowest BCUT2D eigenvalue weighted by atomic mass is 10.3. The van der Waals surface area contributed by atoms with E-state index in [4.69, 9.17) is 0 Å². The summed E-state index contributed by atoms with van der Waals surface area (Å²) in [5.41, 5.74) is 2.09. The summed E-state index contributed by atoms with van der Waals surface area (Å²) in [6.45, 7) is 2.72. The molecule has 2 rings (SSSR count). The van der Waals surface area contributed by atoms with Crippen LogP contribution in [0.5, 0.6) is 0 Å². The van der Waals surface area contributed by atoms with Gasteiger partial charge in [0.1, 0.15) is 0 Å². The first-order valence-electron chi connectivity index (χ1n) is 4.62. The van der Waals surface area contributed by atoms with Gasteiger partial charge in [-0.25, -0.2) is 4.98 Å². The summed E-state index contributed by atoms with van der Waals surface area (Å²) >= 11 is 1.65. The van der Waals surface area contributed by atoms with E-state index in [1.165, 1.54) is 0 Å². The molecule has 0 aromatic carbocycles. The van der Waals surface area contributed by atoms with E-state index >= 15 is 0 Å². The van der Waals surface area contributed by atoms with Crippen LogP contribution in [0, 0.1) is 6.92 Å². The Morgan fingerprint density at radius 1 is 1.57 bits per heavy atom. The molecule has 0 radical (unpaired) electrons. The van der Waals surface area contributed by atoms with Gasteiger partial charge in [0, 0.05) is 23.6 Å². The van der Waals surface area contributed by atoms with Gasteiger partial charge < -0.3 is 5.32 Å². The highest BCUT2D eigenvalue weighted by Crippen LogP contribution is 2.13. The predicted molar refractivity (Wildman–Crippen MR) is 56.0 cm³/mol. The number of allylic oxidation sites excluding steroid dienone is 2. The maximum atomic E-state index is 10.9. The van der Waals surface area contributed by atoms with E-state index < -0.39 is 0 Å². The number of aryl methyl sites for hydroxylation is 1. The van der Waals surface area contributed by atoms with Gasteiger partial charge in [-0.15, -0.1) is 11.3 Å². The molecule has 3 nitrogen and oxygen atoms in total. The standard InChI is InChI=1S/C10H12N2OS/c1-7-12-9(6-14-7)5-11-8-2-3-10(13)4-8/h4,6,11H,2-3,5H2,1H3. The number of aromatic nitrogens is 1. The minimum Gasteiger partial charge on any atom is -0.383 e. The van der Waals surface area contributed by atoms with Gasteiger partial charge in [-0.3, -0.25) is 4.79 Å². The third-order valence-corrected chi connectivity index (χ3v) is 2.96. The zero-order valence-electron chi connectivity index (χ0n) is 8.04. The Balaban J connectivity index is 1.89.